The van der Waals surface area contributed by atoms with Crippen molar-refractivity contribution in [3.63, 3.8) is 0 Å². The van der Waals surface area contributed by atoms with Crippen LogP contribution in [0.2, 0.25) is 5.28 Å². The molecule has 0 saturated carbocycles. The summed E-state index contributed by atoms with van der Waals surface area (Å²) in [4.78, 5) is 14.1. The van der Waals surface area contributed by atoms with Crippen molar-refractivity contribution in [1.29, 1.82) is 0 Å². The molecule has 0 aromatic carbocycles. The van der Waals surface area contributed by atoms with Gasteiger partial charge in [-0.25, -0.2) is 0 Å². The van der Waals surface area contributed by atoms with Crippen LogP contribution in [0.4, 0.5) is 11.9 Å². The predicted molar refractivity (Wildman–Crippen MR) is 75.7 cm³/mol. The molecule has 0 amide bonds. The van der Waals surface area contributed by atoms with Gasteiger partial charge < -0.3 is 10.2 Å². The lowest BCUT2D eigenvalue weighted by Crippen LogP contribution is -2.16. The standard InChI is InChI=1S/C11H14ClN5S/c1-17(2)11-15-9(12)14-10(16-11)13-5-3-8-4-6-18-7-8/h4,6-7H,3,5H2,1-2H3,(H,13,14,15,16). The van der Waals surface area contributed by atoms with Crippen LogP contribution in [0.1, 0.15) is 5.56 Å². The first kappa shape index (κ1) is 13.0. The van der Waals surface area contributed by atoms with Gasteiger partial charge >= 0.3 is 0 Å². The van der Waals surface area contributed by atoms with E-state index in [-0.39, 0.29) is 5.28 Å². The fourth-order valence-electron chi connectivity index (χ4n) is 1.37. The molecule has 7 heteroatoms. The number of thiophene rings is 1. The first-order valence-corrected chi connectivity index (χ1v) is 6.81. The van der Waals surface area contributed by atoms with Gasteiger partial charge in [0.2, 0.25) is 17.2 Å². The Morgan fingerprint density at radius 3 is 2.83 bits per heavy atom. The quantitative estimate of drug-likeness (QED) is 0.913. The van der Waals surface area contributed by atoms with Gasteiger partial charge in [-0.05, 0) is 40.4 Å². The van der Waals surface area contributed by atoms with Crippen LogP contribution in [-0.4, -0.2) is 35.6 Å². The second kappa shape index (κ2) is 5.97. The van der Waals surface area contributed by atoms with Crippen LogP contribution in [0.25, 0.3) is 0 Å². The van der Waals surface area contributed by atoms with Crippen LogP contribution in [0.3, 0.4) is 0 Å². The van der Waals surface area contributed by atoms with E-state index in [4.69, 9.17) is 11.6 Å². The number of rotatable bonds is 5. The molecule has 18 heavy (non-hydrogen) atoms. The lowest BCUT2D eigenvalue weighted by molar-refractivity contribution is 0.930. The molecule has 2 rings (SSSR count). The number of nitrogens with one attached hydrogen (secondary N) is 1. The molecule has 0 aliphatic rings. The molecule has 0 radical (unpaired) electrons. The van der Waals surface area contributed by atoms with Crippen molar-refractivity contribution in [1.82, 2.24) is 15.0 Å². The summed E-state index contributed by atoms with van der Waals surface area (Å²) in [5.41, 5.74) is 1.31. The minimum atomic E-state index is 0.201. The van der Waals surface area contributed by atoms with Crippen LogP contribution in [0, 0.1) is 0 Å². The van der Waals surface area contributed by atoms with Crippen molar-refractivity contribution in [2.24, 2.45) is 0 Å². The second-order valence-electron chi connectivity index (χ2n) is 3.93. The number of aromatic nitrogens is 3. The third kappa shape index (κ3) is 3.54. The Hall–Kier alpha value is -1.40. The van der Waals surface area contributed by atoms with E-state index in [1.54, 1.807) is 16.2 Å². The van der Waals surface area contributed by atoms with Gasteiger partial charge in [-0.1, -0.05) is 0 Å². The van der Waals surface area contributed by atoms with Gasteiger partial charge in [0.25, 0.3) is 0 Å². The Kier molecular flexibility index (Phi) is 4.33. The van der Waals surface area contributed by atoms with Crippen LogP contribution in [0.15, 0.2) is 16.8 Å². The third-order valence-corrected chi connectivity index (χ3v) is 3.17. The molecule has 0 fully saturated rings. The fourth-order valence-corrected chi connectivity index (χ4v) is 2.23. The summed E-state index contributed by atoms with van der Waals surface area (Å²) in [6.07, 6.45) is 0.935. The first-order valence-electron chi connectivity index (χ1n) is 5.49. The Morgan fingerprint density at radius 2 is 2.17 bits per heavy atom. The van der Waals surface area contributed by atoms with E-state index in [0.717, 1.165) is 13.0 Å². The molecule has 1 N–H and O–H groups in total. The van der Waals surface area contributed by atoms with Gasteiger partial charge in [-0.15, -0.1) is 0 Å². The Bertz CT molecular complexity index is 500. The van der Waals surface area contributed by atoms with Crippen LogP contribution < -0.4 is 10.2 Å². The molecular formula is C11H14ClN5S. The Balaban J connectivity index is 1.96. The molecule has 0 spiro atoms. The minimum Gasteiger partial charge on any atom is -0.354 e. The molecule has 2 aromatic heterocycles. The summed E-state index contributed by atoms with van der Waals surface area (Å²) in [7, 11) is 3.72. The highest BCUT2D eigenvalue weighted by Gasteiger charge is 2.06. The summed E-state index contributed by atoms with van der Waals surface area (Å²) in [6.45, 7) is 0.768. The van der Waals surface area contributed by atoms with Crippen molar-refractivity contribution in [2.45, 2.75) is 6.42 Å². The predicted octanol–water partition coefficient (Wildman–Crippen LogP) is 2.31. The summed E-state index contributed by atoms with van der Waals surface area (Å²) < 4.78 is 0. The number of hydrogen-bond acceptors (Lipinski definition) is 6. The van der Waals surface area contributed by atoms with Gasteiger partial charge in [0, 0.05) is 20.6 Å². The molecule has 0 bridgehead atoms. The lowest BCUT2D eigenvalue weighted by Gasteiger charge is -2.11. The third-order valence-electron chi connectivity index (χ3n) is 2.27. The first-order chi connectivity index (χ1) is 8.65. The highest BCUT2D eigenvalue weighted by atomic mass is 35.5. The van der Waals surface area contributed by atoms with Gasteiger partial charge in [0.1, 0.15) is 0 Å². The zero-order valence-corrected chi connectivity index (χ0v) is 11.8. The number of nitrogens with zero attached hydrogens (tertiary/aromatic N) is 4. The maximum atomic E-state index is 5.85. The Labute approximate surface area is 115 Å². The van der Waals surface area contributed by atoms with Gasteiger partial charge in [-0.2, -0.15) is 26.3 Å². The van der Waals surface area contributed by atoms with Crippen molar-refractivity contribution in [3.05, 3.63) is 27.7 Å². The number of halogens is 1. The normalized spacial score (nSPS) is 10.4. The average molecular weight is 284 g/mol. The summed E-state index contributed by atoms with van der Waals surface area (Å²) in [5, 5.41) is 7.55. The molecule has 0 aliphatic heterocycles. The van der Waals surface area contributed by atoms with E-state index in [1.165, 1.54) is 5.56 Å². The molecule has 5 nitrogen and oxygen atoms in total. The van der Waals surface area contributed by atoms with Crippen molar-refractivity contribution in [3.8, 4) is 0 Å². The van der Waals surface area contributed by atoms with Crippen LogP contribution in [-0.2, 0) is 6.42 Å². The van der Waals surface area contributed by atoms with Crippen LogP contribution >= 0.6 is 22.9 Å². The maximum absolute atomic E-state index is 5.85. The molecule has 2 aromatic rings. The zero-order chi connectivity index (χ0) is 13.0. The van der Waals surface area contributed by atoms with E-state index in [2.05, 4.69) is 37.1 Å². The van der Waals surface area contributed by atoms with Gasteiger partial charge in [-0.3, -0.25) is 0 Å². The van der Waals surface area contributed by atoms with Crippen molar-refractivity contribution >= 4 is 34.8 Å². The van der Waals surface area contributed by atoms with Crippen molar-refractivity contribution < 1.29 is 0 Å². The summed E-state index contributed by atoms with van der Waals surface area (Å²) in [5.74, 6) is 1.06. The second-order valence-corrected chi connectivity index (χ2v) is 5.05. The smallest absolute Gasteiger partial charge is 0.230 e. The van der Waals surface area contributed by atoms with E-state index in [1.807, 2.05) is 14.1 Å². The Morgan fingerprint density at radius 1 is 1.33 bits per heavy atom. The van der Waals surface area contributed by atoms with E-state index in [0.29, 0.717) is 11.9 Å². The monoisotopic (exact) mass is 283 g/mol. The maximum Gasteiger partial charge on any atom is 0.230 e. The van der Waals surface area contributed by atoms with Gasteiger partial charge in [0.15, 0.2) is 0 Å². The SMILES string of the molecule is CN(C)c1nc(Cl)nc(NCCc2ccsc2)n1. The zero-order valence-electron chi connectivity index (χ0n) is 10.2. The molecule has 2 heterocycles. The molecule has 0 unspecified atom stereocenters. The summed E-state index contributed by atoms with van der Waals surface area (Å²) >= 11 is 7.54. The molecule has 0 aliphatic carbocycles. The number of hydrogen-bond donors (Lipinski definition) is 1. The summed E-state index contributed by atoms with van der Waals surface area (Å²) in [6, 6.07) is 2.11. The minimum absolute atomic E-state index is 0.201. The molecule has 96 valence electrons. The van der Waals surface area contributed by atoms with Gasteiger partial charge in [0.05, 0.1) is 0 Å². The fraction of sp³-hybridized carbons (Fsp3) is 0.364. The van der Waals surface area contributed by atoms with E-state index >= 15 is 0 Å². The van der Waals surface area contributed by atoms with E-state index < -0.39 is 0 Å². The van der Waals surface area contributed by atoms with E-state index in [9.17, 15) is 0 Å². The van der Waals surface area contributed by atoms with Crippen molar-refractivity contribution in [2.75, 3.05) is 30.9 Å². The topological polar surface area (TPSA) is 53.9 Å². The highest BCUT2D eigenvalue weighted by molar-refractivity contribution is 7.07. The largest absolute Gasteiger partial charge is 0.354 e. The molecule has 0 saturated heterocycles. The van der Waals surface area contributed by atoms with Crippen LogP contribution in [0.5, 0.6) is 0 Å². The average Bonchev–Trinajstić information content (AvgIpc) is 2.81. The molecular weight excluding hydrogens is 270 g/mol. The molecule has 0 atom stereocenters. The number of anilines is 2. The lowest BCUT2D eigenvalue weighted by atomic mass is 10.2. The highest BCUT2D eigenvalue weighted by Crippen LogP contribution is 2.12.